The van der Waals surface area contributed by atoms with Crippen molar-refractivity contribution < 1.29 is 14.3 Å². The standard InChI is InChI=1S/C13H22N4O3/c1-7-20-13(19)10-11(8(2)3)17(15-14-10)9(4)12(18)16(5)6/h8-9H,7H2,1-6H3. The van der Waals surface area contributed by atoms with Crippen LogP contribution in [0.2, 0.25) is 0 Å². The predicted molar refractivity (Wildman–Crippen MR) is 73.5 cm³/mol. The van der Waals surface area contributed by atoms with E-state index in [9.17, 15) is 9.59 Å². The fourth-order valence-electron chi connectivity index (χ4n) is 1.95. The van der Waals surface area contributed by atoms with Gasteiger partial charge in [0, 0.05) is 14.1 Å². The van der Waals surface area contributed by atoms with Gasteiger partial charge < -0.3 is 9.64 Å². The second kappa shape index (κ2) is 6.49. The lowest BCUT2D eigenvalue weighted by Crippen LogP contribution is -2.31. The molecule has 0 saturated heterocycles. The fourth-order valence-corrected chi connectivity index (χ4v) is 1.95. The number of aromatic nitrogens is 3. The monoisotopic (exact) mass is 282 g/mol. The summed E-state index contributed by atoms with van der Waals surface area (Å²) in [6.07, 6.45) is 0. The fraction of sp³-hybridized carbons (Fsp3) is 0.692. The van der Waals surface area contributed by atoms with Crippen molar-refractivity contribution >= 4 is 11.9 Å². The van der Waals surface area contributed by atoms with Gasteiger partial charge in [-0.1, -0.05) is 19.1 Å². The van der Waals surface area contributed by atoms with Gasteiger partial charge in [0.15, 0.2) is 5.69 Å². The van der Waals surface area contributed by atoms with Crippen LogP contribution in [0.1, 0.15) is 55.8 Å². The van der Waals surface area contributed by atoms with Crippen LogP contribution in [0.4, 0.5) is 0 Å². The molecular formula is C13H22N4O3. The average Bonchev–Trinajstić information content (AvgIpc) is 2.81. The Kier molecular flexibility index (Phi) is 5.24. The molecule has 0 aromatic carbocycles. The van der Waals surface area contributed by atoms with Crippen LogP contribution in [0.5, 0.6) is 0 Å². The summed E-state index contributed by atoms with van der Waals surface area (Å²) < 4.78 is 6.47. The van der Waals surface area contributed by atoms with Gasteiger partial charge in [0.2, 0.25) is 5.91 Å². The molecule has 0 saturated carbocycles. The van der Waals surface area contributed by atoms with Gasteiger partial charge in [0.05, 0.1) is 12.3 Å². The largest absolute Gasteiger partial charge is 0.461 e. The molecule has 1 aromatic rings. The van der Waals surface area contributed by atoms with Crippen LogP contribution >= 0.6 is 0 Å². The van der Waals surface area contributed by atoms with Crippen molar-refractivity contribution in [1.29, 1.82) is 0 Å². The van der Waals surface area contributed by atoms with Gasteiger partial charge in [0.25, 0.3) is 0 Å². The van der Waals surface area contributed by atoms with Crippen LogP contribution < -0.4 is 0 Å². The lowest BCUT2D eigenvalue weighted by molar-refractivity contribution is -0.132. The quantitative estimate of drug-likeness (QED) is 0.759. The SMILES string of the molecule is CCOC(=O)c1nnn(C(C)C(=O)N(C)C)c1C(C)C. The number of carbonyl (C=O) groups is 2. The highest BCUT2D eigenvalue weighted by Crippen LogP contribution is 2.22. The number of rotatable bonds is 5. The molecule has 20 heavy (non-hydrogen) atoms. The van der Waals surface area contributed by atoms with E-state index in [1.807, 2.05) is 13.8 Å². The Labute approximate surface area is 118 Å². The Morgan fingerprint density at radius 2 is 1.90 bits per heavy atom. The third-order valence-electron chi connectivity index (χ3n) is 2.91. The van der Waals surface area contributed by atoms with Gasteiger partial charge in [-0.15, -0.1) is 5.10 Å². The number of nitrogens with zero attached hydrogens (tertiary/aromatic N) is 4. The Hall–Kier alpha value is -1.92. The summed E-state index contributed by atoms with van der Waals surface area (Å²) in [4.78, 5) is 25.4. The number of likely N-dealkylation sites (N-methyl/N-ethyl adjacent to an activating group) is 1. The van der Waals surface area contributed by atoms with Crippen LogP contribution in [-0.2, 0) is 9.53 Å². The van der Waals surface area contributed by atoms with Crippen molar-refractivity contribution in [2.24, 2.45) is 0 Å². The molecule has 1 aromatic heterocycles. The normalized spacial score (nSPS) is 12.3. The Morgan fingerprint density at radius 3 is 2.35 bits per heavy atom. The van der Waals surface area contributed by atoms with E-state index in [4.69, 9.17) is 4.74 Å². The van der Waals surface area contributed by atoms with Gasteiger partial charge in [-0.05, 0) is 19.8 Å². The highest BCUT2D eigenvalue weighted by atomic mass is 16.5. The van der Waals surface area contributed by atoms with Crippen molar-refractivity contribution in [3.8, 4) is 0 Å². The van der Waals surface area contributed by atoms with E-state index < -0.39 is 12.0 Å². The molecule has 0 bridgehead atoms. The number of hydrogen-bond acceptors (Lipinski definition) is 5. The van der Waals surface area contributed by atoms with Gasteiger partial charge in [-0.2, -0.15) is 0 Å². The molecule has 0 aliphatic rings. The van der Waals surface area contributed by atoms with E-state index in [1.165, 1.54) is 9.58 Å². The number of amides is 1. The van der Waals surface area contributed by atoms with E-state index in [-0.39, 0.29) is 24.1 Å². The van der Waals surface area contributed by atoms with Crippen LogP contribution in [0.3, 0.4) is 0 Å². The summed E-state index contributed by atoms with van der Waals surface area (Å²) in [7, 11) is 3.36. The Balaban J connectivity index is 3.22. The van der Waals surface area contributed by atoms with Crippen molar-refractivity contribution in [2.45, 2.75) is 39.7 Å². The minimum absolute atomic E-state index is 0.00168. The topological polar surface area (TPSA) is 77.3 Å². The van der Waals surface area contributed by atoms with E-state index in [0.29, 0.717) is 5.69 Å². The van der Waals surface area contributed by atoms with Crippen LogP contribution in [-0.4, -0.2) is 52.5 Å². The number of ether oxygens (including phenoxy) is 1. The maximum atomic E-state index is 12.0. The first-order valence-corrected chi connectivity index (χ1v) is 6.64. The lowest BCUT2D eigenvalue weighted by atomic mass is 10.1. The molecule has 0 N–H and O–H groups in total. The van der Waals surface area contributed by atoms with Gasteiger partial charge in [-0.3, -0.25) is 4.79 Å². The smallest absolute Gasteiger partial charge is 0.360 e. The molecular weight excluding hydrogens is 260 g/mol. The highest BCUT2D eigenvalue weighted by Gasteiger charge is 2.28. The number of hydrogen-bond donors (Lipinski definition) is 0. The summed E-state index contributed by atoms with van der Waals surface area (Å²) in [5.74, 6) is -0.610. The molecule has 7 heteroatoms. The van der Waals surface area contributed by atoms with Crippen molar-refractivity contribution in [3.05, 3.63) is 11.4 Å². The molecule has 0 aliphatic carbocycles. The molecule has 112 valence electrons. The maximum absolute atomic E-state index is 12.0. The molecule has 7 nitrogen and oxygen atoms in total. The number of carbonyl (C=O) groups excluding carboxylic acids is 2. The van der Waals surface area contributed by atoms with Crippen molar-refractivity contribution in [1.82, 2.24) is 19.9 Å². The van der Waals surface area contributed by atoms with Crippen molar-refractivity contribution in [2.75, 3.05) is 20.7 Å². The third-order valence-corrected chi connectivity index (χ3v) is 2.91. The second-order valence-corrected chi connectivity index (χ2v) is 5.05. The van der Waals surface area contributed by atoms with Gasteiger partial charge >= 0.3 is 5.97 Å². The van der Waals surface area contributed by atoms with E-state index >= 15 is 0 Å². The third kappa shape index (κ3) is 3.15. The molecule has 0 fully saturated rings. The predicted octanol–water partition coefficient (Wildman–Crippen LogP) is 1.23. The Morgan fingerprint density at radius 1 is 1.30 bits per heavy atom. The molecule has 0 aliphatic heterocycles. The van der Waals surface area contributed by atoms with Crippen molar-refractivity contribution in [3.63, 3.8) is 0 Å². The van der Waals surface area contributed by atoms with Gasteiger partial charge in [-0.25, -0.2) is 9.48 Å². The average molecular weight is 282 g/mol. The van der Waals surface area contributed by atoms with Crippen LogP contribution in [0.15, 0.2) is 0 Å². The second-order valence-electron chi connectivity index (χ2n) is 5.05. The molecule has 1 atom stereocenters. The minimum Gasteiger partial charge on any atom is -0.461 e. The summed E-state index contributed by atoms with van der Waals surface area (Å²) in [6, 6.07) is -0.516. The van der Waals surface area contributed by atoms with Crippen LogP contribution in [0, 0.1) is 0 Å². The molecule has 1 heterocycles. The Bertz CT molecular complexity index is 494. The summed E-state index contributed by atoms with van der Waals surface area (Å²) in [5.41, 5.74) is 0.798. The zero-order valence-electron chi connectivity index (χ0n) is 12.9. The lowest BCUT2D eigenvalue weighted by Gasteiger charge is -2.19. The minimum atomic E-state index is -0.516. The van der Waals surface area contributed by atoms with E-state index in [2.05, 4.69) is 10.3 Å². The first-order chi connectivity index (χ1) is 9.31. The molecule has 1 amide bonds. The zero-order chi connectivity index (χ0) is 15.4. The summed E-state index contributed by atoms with van der Waals surface area (Å²) in [5, 5.41) is 7.85. The molecule has 1 rings (SSSR count). The van der Waals surface area contributed by atoms with Crippen LogP contribution in [0.25, 0.3) is 0 Å². The van der Waals surface area contributed by atoms with E-state index in [1.54, 1.807) is 27.9 Å². The number of esters is 1. The summed E-state index contributed by atoms with van der Waals surface area (Å²) in [6.45, 7) is 7.58. The first kappa shape index (κ1) is 16.1. The molecule has 0 radical (unpaired) electrons. The first-order valence-electron chi connectivity index (χ1n) is 6.64. The van der Waals surface area contributed by atoms with E-state index in [0.717, 1.165) is 0 Å². The molecule has 0 spiro atoms. The zero-order valence-corrected chi connectivity index (χ0v) is 12.9. The molecule has 1 unspecified atom stereocenters. The maximum Gasteiger partial charge on any atom is 0.360 e. The van der Waals surface area contributed by atoms with Gasteiger partial charge in [0.1, 0.15) is 6.04 Å². The highest BCUT2D eigenvalue weighted by molar-refractivity contribution is 5.89. The summed E-state index contributed by atoms with van der Waals surface area (Å²) >= 11 is 0.